The van der Waals surface area contributed by atoms with Gasteiger partial charge in [-0.3, -0.25) is 0 Å². The smallest absolute Gasteiger partial charge is 0.148 e. The van der Waals surface area contributed by atoms with Crippen LogP contribution in [0.15, 0.2) is 36.8 Å². The second-order valence-electron chi connectivity index (χ2n) is 4.38. The van der Waals surface area contributed by atoms with Gasteiger partial charge in [0.2, 0.25) is 0 Å². The second-order valence-corrected chi connectivity index (χ2v) is 4.79. The first kappa shape index (κ1) is 14.6. The maximum absolute atomic E-state index is 9.86. The van der Waals surface area contributed by atoms with Gasteiger partial charge in [-0.25, -0.2) is 9.97 Å². The molecule has 1 aromatic carbocycles. The zero-order valence-electron chi connectivity index (χ0n) is 11.1. The van der Waals surface area contributed by atoms with Crippen LogP contribution in [0.3, 0.4) is 0 Å². The minimum atomic E-state index is -0.665. The lowest BCUT2D eigenvalue weighted by Gasteiger charge is -2.14. The number of ether oxygens (including phenoxy) is 1. The summed E-state index contributed by atoms with van der Waals surface area (Å²) in [6.45, 7) is 2.48. The summed E-state index contributed by atoms with van der Waals surface area (Å²) in [5.41, 5.74) is 1.11. The van der Waals surface area contributed by atoms with Crippen LogP contribution in [0.25, 0.3) is 0 Å². The summed E-state index contributed by atoms with van der Waals surface area (Å²) in [4.78, 5) is 7.76. The van der Waals surface area contributed by atoms with E-state index in [9.17, 15) is 5.11 Å². The molecule has 20 heavy (non-hydrogen) atoms. The van der Waals surface area contributed by atoms with Crippen molar-refractivity contribution >= 4 is 17.4 Å². The fraction of sp³-hybridized carbons (Fsp3) is 0.286. The quantitative estimate of drug-likeness (QED) is 0.855. The summed E-state index contributed by atoms with van der Waals surface area (Å²) in [5, 5.41) is 13.2. The standard InChI is InChI=1S/C14H16ClN3O2/c1-10-3-2-4-12(5-10)20-8-11(19)6-17-14-13(15)7-16-9-18-14/h2-5,7,9,11,19H,6,8H2,1H3,(H,16,17,18). The van der Waals surface area contributed by atoms with Crippen molar-refractivity contribution in [3.63, 3.8) is 0 Å². The number of aryl methyl sites for hydroxylation is 1. The average molecular weight is 294 g/mol. The van der Waals surface area contributed by atoms with Gasteiger partial charge in [-0.05, 0) is 24.6 Å². The fourth-order valence-corrected chi connectivity index (χ4v) is 1.79. The molecule has 2 aromatic rings. The van der Waals surface area contributed by atoms with E-state index >= 15 is 0 Å². The predicted molar refractivity (Wildman–Crippen MR) is 78.2 cm³/mol. The number of hydrogen-bond acceptors (Lipinski definition) is 5. The van der Waals surface area contributed by atoms with Gasteiger partial charge in [-0.2, -0.15) is 0 Å². The van der Waals surface area contributed by atoms with Gasteiger partial charge in [0.1, 0.15) is 35.6 Å². The SMILES string of the molecule is Cc1cccc(OCC(O)CNc2ncncc2Cl)c1. The third kappa shape index (κ3) is 4.36. The molecule has 0 saturated heterocycles. The molecule has 1 aromatic heterocycles. The Bertz CT molecular complexity index is 566. The number of nitrogens with zero attached hydrogens (tertiary/aromatic N) is 2. The first-order chi connectivity index (χ1) is 9.65. The maximum atomic E-state index is 9.86. The van der Waals surface area contributed by atoms with Crippen molar-refractivity contribution in [2.45, 2.75) is 13.0 Å². The molecule has 0 aliphatic carbocycles. The summed E-state index contributed by atoms with van der Waals surface area (Å²) in [6, 6.07) is 7.67. The van der Waals surface area contributed by atoms with Crippen molar-refractivity contribution in [2.75, 3.05) is 18.5 Å². The highest BCUT2D eigenvalue weighted by Crippen LogP contribution is 2.16. The first-order valence-electron chi connectivity index (χ1n) is 6.22. The highest BCUT2D eigenvalue weighted by atomic mass is 35.5. The molecule has 0 spiro atoms. The zero-order chi connectivity index (χ0) is 14.4. The molecule has 6 heteroatoms. The largest absolute Gasteiger partial charge is 0.491 e. The lowest BCUT2D eigenvalue weighted by atomic mass is 10.2. The van der Waals surface area contributed by atoms with Crippen LogP contribution in [0.5, 0.6) is 5.75 Å². The number of anilines is 1. The minimum Gasteiger partial charge on any atom is -0.491 e. The molecule has 1 heterocycles. The molecule has 0 radical (unpaired) electrons. The molecule has 1 atom stereocenters. The predicted octanol–water partition coefficient (Wildman–Crippen LogP) is 2.29. The normalized spacial score (nSPS) is 11.9. The number of aliphatic hydroxyl groups is 1. The van der Waals surface area contributed by atoms with E-state index < -0.39 is 6.10 Å². The average Bonchev–Trinajstić information content (AvgIpc) is 2.44. The molecule has 0 aliphatic heterocycles. The number of nitrogens with one attached hydrogen (secondary N) is 1. The molecule has 0 aliphatic rings. The molecule has 0 saturated carbocycles. The molecule has 0 bridgehead atoms. The van der Waals surface area contributed by atoms with Gasteiger partial charge in [-0.1, -0.05) is 23.7 Å². The lowest BCUT2D eigenvalue weighted by Crippen LogP contribution is -2.26. The molecule has 1 unspecified atom stereocenters. The van der Waals surface area contributed by atoms with Crippen LogP contribution in [-0.4, -0.2) is 34.3 Å². The number of hydrogen-bond donors (Lipinski definition) is 2. The molecule has 5 nitrogen and oxygen atoms in total. The first-order valence-corrected chi connectivity index (χ1v) is 6.60. The van der Waals surface area contributed by atoms with E-state index in [2.05, 4.69) is 15.3 Å². The zero-order valence-corrected chi connectivity index (χ0v) is 11.8. The van der Waals surface area contributed by atoms with Crippen LogP contribution >= 0.6 is 11.6 Å². The van der Waals surface area contributed by atoms with Crippen LogP contribution in [0.4, 0.5) is 5.82 Å². The molecule has 2 N–H and O–H groups in total. The van der Waals surface area contributed by atoms with E-state index in [1.165, 1.54) is 12.5 Å². The van der Waals surface area contributed by atoms with Crippen LogP contribution in [0, 0.1) is 6.92 Å². The molecular weight excluding hydrogens is 278 g/mol. The van der Waals surface area contributed by atoms with E-state index in [4.69, 9.17) is 16.3 Å². The van der Waals surface area contributed by atoms with Gasteiger partial charge in [0.25, 0.3) is 0 Å². The van der Waals surface area contributed by atoms with Gasteiger partial charge < -0.3 is 15.2 Å². The van der Waals surface area contributed by atoms with E-state index in [-0.39, 0.29) is 6.61 Å². The summed E-state index contributed by atoms with van der Waals surface area (Å²) in [6.07, 6.45) is 2.22. The number of aromatic nitrogens is 2. The van der Waals surface area contributed by atoms with Crippen LogP contribution < -0.4 is 10.1 Å². The monoisotopic (exact) mass is 293 g/mol. The number of halogens is 1. The summed E-state index contributed by atoms with van der Waals surface area (Å²) in [7, 11) is 0. The Morgan fingerprint density at radius 2 is 2.30 bits per heavy atom. The van der Waals surface area contributed by atoms with E-state index in [1.807, 2.05) is 31.2 Å². The van der Waals surface area contributed by atoms with E-state index in [0.29, 0.717) is 17.4 Å². The van der Waals surface area contributed by atoms with Gasteiger partial charge in [-0.15, -0.1) is 0 Å². The summed E-state index contributed by atoms with van der Waals surface area (Å²) >= 11 is 5.90. The Labute approximate surface area is 122 Å². The summed E-state index contributed by atoms with van der Waals surface area (Å²) < 4.78 is 5.51. The fourth-order valence-electron chi connectivity index (χ4n) is 1.61. The van der Waals surface area contributed by atoms with Crippen molar-refractivity contribution in [3.05, 3.63) is 47.4 Å². The third-order valence-corrected chi connectivity index (χ3v) is 2.88. The molecule has 0 fully saturated rings. The Morgan fingerprint density at radius 1 is 1.45 bits per heavy atom. The minimum absolute atomic E-state index is 0.194. The Balaban J connectivity index is 1.78. The van der Waals surface area contributed by atoms with Crippen LogP contribution in [0.1, 0.15) is 5.56 Å². The Kier molecular flexibility index (Phi) is 5.15. The Hall–Kier alpha value is -1.85. The second kappa shape index (κ2) is 7.07. The lowest BCUT2D eigenvalue weighted by molar-refractivity contribution is 0.117. The highest BCUT2D eigenvalue weighted by molar-refractivity contribution is 6.32. The van der Waals surface area contributed by atoms with Gasteiger partial charge in [0, 0.05) is 6.54 Å². The highest BCUT2D eigenvalue weighted by Gasteiger charge is 2.07. The Morgan fingerprint density at radius 3 is 3.05 bits per heavy atom. The molecule has 0 amide bonds. The number of rotatable bonds is 6. The van der Waals surface area contributed by atoms with Crippen molar-refractivity contribution in [2.24, 2.45) is 0 Å². The number of benzene rings is 1. The van der Waals surface area contributed by atoms with Crippen molar-refractivity contribution in [3.8, 4) is 5.75 Å². The number of aliphatic hydroxyl groups excluding tert-OH is 1. The molecule has 106 valence electrons. The van der Waals surface area contributed by atoms with Crippen molar-refractivity contribution in [1.82, 2.24) is 9.97 Å². The van der Waals surface area contributed by atoms with E-state index in [1.54, 1.807) is 0 Å². The molecular formula is C14H16ClN3O2. The van der Waals surface area contributed by atoms with Crippen LogP contribution in [-0.2, 0) is 0 Å². The maximum Gasteiger partial charge on any atom is 0.148 e. The van der Waals surface area contributed by atoms with E-state index in [0.717, 1.165) is 11.3 Å². The van der Waals surface area contributed by atoms with Crippen LogP contribution in [0.2, 0.25) is 5.02 Å². The summed E-state index contributed by atoms with van der Waals surface area (Å²) in [5.74, 6) is 1.24. The van der Waals surface area contributed by atoms with Gasteiger partial charge >= 0.3 is 0 Å². The van der Waals surface area contributed by atoms with Crippen molar-refractivity contribution in [1.29, 1.82) is 0 Å². The van der Waals surface area contributed by atoms with Gasteiger partial charge in [0.15, 0.2) is 0 Å². The van der Waals surface area contributed by atoms with Crippen molar-refractivity contribution < 1.29 is 9.84 Å². The van der Waals surface area contributed by atoms with Gasteiger partial charge in [0.05, 0.1) is 6.20 Å². The topological polar surface area (TPSA) is 67.3 Å². The molecule has 2 rings (SSSR count). The third-order valence-electron chi connectivity index (χ3n) is 2.60.